The van der Waals surface area contributed by atoms with Gasteiger partial charge in [-0.25, -0.2) is 9.59 Å². The van der Waals surface area contributed by atoms with Gasteiger partial charge in [0.2, 0.25) is 5.76 Å². The van der Waals surface area contributed by atoms with E-state index < -0.39 is 16.9 Å². The number of non-ortho nitro benzene ring substituents is 1. The highest BCUT2D eigenvalue weighted by Gasteiger charge is 2.26. The van der Waals surface area contributed by atoms with Crippen LogP contribution in [0.3, 0.4) is 0 Å². The zero-order valence-corrected chi connectivity index (χ0v) is 13.1. The summed E-state index contributed by atoms with van der Waals surface area (Å²) in [6, 6.07) is 6.87. The molecule has 1 heterocycles. The second-order valence-corrected chi connectivity index (χ2v) is 4.60. The fourth-order valence-corrected chi connectivity index (χ4v) is 1.99. The molecule has 24 heavy (non-hydrogen) atoms. The van der Waals surface area contributed by atoms with Gasteiger partial charge in [0.15, 0.2) is 0 Å². The summed E-state index contributed by atoms with van der Waals surface area (Å²) in [5, 5.41) is 10.7. The monoisotopic (exact) mass is 333 g/mol. The van der Waals surface area contributed by atoms with Gasteiger partial charge in [-0.15, -0.1) is 0 Å². The maximum atomic E-state index is 12.0. The van der Waals surface area contributed by atoms with Gasteiger partial charge in [-0.1, -0.05) is 0 Å². The Morgan fingerprint density at radius 3 is 2.21 bits per heavy atom. The molecule has 0 bridgehead atoms. The van der Waals surface area contributed by atoms with Crippen molar-refractivity contribution in [2.24, 2.45) is 0 Å². The van der Waals surface area contributed by atoms with Crippen LogP contribution in [-0.2, 0) is 9.47 Å². The minimum absolute atomic E-state index is 0.0522. The van der Waals surface area contributed by atoms with Gasteiger partial charge in [0.05, 0.1) is 18.1 Å². The third kappa shape index (κ3) is 3.60. The number of furan rings is 1. The Balaban J connectivity index is 2.43. The number of nitrogens with zero attached hydrogens (tertiary/aromatic N) is 1. The number of benzene rings is 1. The molecule has 0 aliphatic rings. The van der Waals surface area contributed by atoms with Crippen molar-refractivity contribution in [2.45, 2.75) is 13.8 Å². The molecule has 0 spiro atoms. The van der Waals surface area contributed by atoms with E-state index in [-0.39, 0.29) is 36.0 Å². The molecule has 0 atom stereocenters. The largest absolute Gasteiger partial charge is 0.462 e. The van der Waals surface area contributed by atoms with E-state index in [1.54, 1.807) is 13.8 Å². The van der Waals surface area contributed by atoms with Crippen molar-refractivity contribution in [3.63, 3.8) is 0 Å². The van der Waals surface area contributed by atoms with Gasteiger partial charge in [0.1, 0.15) is 11.3 Å². The molecule has 0 aliphatic carbocycles. The maximum Gasteiger partial charge on any atom is 0.375 e. The van der Waals surface area contributed by atoms with Gasteiger partial charge < -0.3 is 13.9 Å². The van der Waals surface area contributed by atoms with E-state index in [0.29, 0.717) is 5.56 Å². The number of carbonyl (C=O) groups is 2. The lowest BCUT2D eigenvalue weighted by Gasteiger charge is -2.02. The van der Waals surface area contributed by atoms with Crippen molar-refractivity contribution in [3.8, 4) is 11.3 Å². The molecule has 0 unspecified atom stereocenters. The van der Waals surface area contributed by atoms with Gasteiger partial charge in [-0.3, -0.25) is 10.1 Å². The first-order valence-electron chi connectivity index (χ1n) is 7.20. The molecular weight excluding hydrogens is 318 g/mol. The quantitative estimate of drug-likeness (QED) is 0.453. The Morgan fingerprint density at radius 1 is 1.08 bits per heavy atom. The number of hydrogen-bond donors (Lipinski definition) is 0. The van der Waals surface area contributed by atoms with Gasteiger partial charge in [-0.05, 0) is 32.0 Å². The van der Waals surface area contributed by atoms with Gasteiger partial charge in [0.25, 0.3) is 5.69 Å². The van der Waals surface area contributed by atoms with Crippen LogP contribution in [0, 0.1) is 10.1 Å². The van der Waals surface area contributed by atoms with Crippen molar-refractivity contribution in [1.82, 2.24) is 0 Å². The number of ether oxygens (including phenoxy) is 2. The standard InChI is InChI=1S/C16H15NO7/c1-3-22-15(18)12-9-13(24-14(12)16(19)23-4-2)10-5-7-11(8-6-10)17(20)21/h5-9H,3-4H2,1-2H3. The molecule has 0 saturated heterocycles. The number of carbonyl (C=O) groups excluding carboxylic acids is 2. The van der Waals surface area contributed by atoms with Crippen molar-refractivity contribution >= 4 is 17.6 Å². The average Bonchev–Trinajstić information content (AvgIpc) is 3.01. The number of rotatable bonds is 6. The smallest absolute Gasteiger partial charge is 0.375 e. The summed E-state index contributed by atoms with van der Waals surface area (Å²) < 4.78 is 15.2. The second kappa shape index (κ2) is 7.40. The van der Waals surface area contributed by atoms with E-state index in [1.807, 2.05) is 0 Å². The van der Waals surface area contributed by atoms with Crippen molar-refractivity contribution in [3.05, 3.63) is 51.8 Å². The fraction of sp³-hybridized carbons (Fsp3) is 0.250. The predicted molar refractivity (Wildman–Crippen MR) is 82.7 cm³/mol. The molecule has 0 fully saturated rings. The molecule has 2 rings (SSSR count). The highest BCUT2D eigenvalue weighted by molar-refractivity contribution is 6.02. The highest BCUT2D eigenvalue weighted by atomic mass is 16.6. The molecule has 1 aromatic heterocycles. The first kappa shape index (κ1) is 17.2. The number of nitro benzene ring substituents is 1. The molecule has 2 aromatic rings. The first-order valence-corrected chi connectivity index (χ1v) is 7.20. The molecule has 0 N–H and O–H groups in total. The third-order valence-corrected chi connectivity index (χ3v) is 3.05. The number of esters is 2. The molecule has 1 aromatic carbocycles. The van der Waals surface area contributed by atoms with E-state index >= 15 is 0 Å². The summed E-state index contributed by atoms with van der Waals surface area (Å²) in [6.07, 6.45) is 0. The summed E-state index contributed by atoms with van der Waals surface area (Å²) in [4.78, 5) is 34.1. The normalized spacial score (nSPS) is 10.2. The van der Waals surface area contributed by atoms with Crippen LogP contribution < -0.4 is 0 Å². The van der Waals surface area contributed by atoms with Crippen LogP contribution in [0.2, 0.25) is 0 Å². The van der Waals surface area contributed by atoms with Crippen LogP contribution in [0.5, 0.6) is 0 Å². The van der Waals surface area contributed by atoms with Crippen molar-refractivity contribution in [2.75, 3.05) is 13.2 Å². The highest BCUT2D eigenvalue weighted by Crippen LogP contribution is 2.28. The summed E-state index contributed by atoms with van der Waals surface area (Å²) in [5.41, 5.74) is 0.340. The Bertz CT molecular complexity index is 726. The lowest BCUT2D eigenvalue weighted by molar-refractivity contribution is -0.384. The maximum absolute atomic E-state index is 12.0. The Kier molecular flexibility index (Phi) is 5.31. The second-order valence-electron chi connectivity index (χ2n) is 4.60. The SMILES string of the molecule is CCOC(=O)c1cc(-c2ccc([N+](=O)[O-])cc2)oc1C(=O)OCC. The predicted octanol–water partition coefficient (Wildman–Crippen LogP) is 3.21. The Labute approximate surface area is 137 Å². The Morgan fingerprint density at radius 2 is 1.67 bits per heavy atom. The molecular formula is C16H15NO7. The van der Waals surface area contributed by atoms with E-state index in [0.717, 1.165) is 0 Å². The van der Waals surface area contributed by atoms with Gasteiger partial charge in [0, 0.05) is 17.7 Å². The summed E-state index contributed by atoms with van der Waals surface area (Å²) >= 11 is 0. The zero-order chi connectivity index (χ0) is 17.7. The summed E-state index contributed by atoms with van der Waals surface area (Å²) in [5.74, 6) is -1.55. The van der Waals surface area contributed by atoms with Crippen molar-refractivity contribution < 1.29 is 28.4 Å². The molecule has 8 heteroatoms. The minimum atomic E-state index is -0.784. The van der Waals surface area contributed by atoms with Crippen LogP contribution >= 0.6 is 0 Å². The van der Waals surface area contributed by atoms with E-state index in [2.05, 4.69) is 0 Å². The first-order chi connectivity index (χ1) is 11.5. The van der Waals surface area contributed by atoms with Gasteiger partial charge in [-0.2, -0.15) is 0 Å². The van der Waals surface area contributed by atoms with Crippen LogP contribution in [0.4, 0.5) is 5.69 Å². The van der Waals surface area contributed by atoms with Gasteiger partial charge >= 0.3 is 11.9 Å². The summed E-state index contributed by atoms with van der Waals surface area (Å²) in [7, 11) is 0. The fourth-order valence-electron chi connectivity index (χ4n) is 1.99. The van der Waals surface area contributed by atoms with E-state index in [4.69, 9.17) is 13.9 Å². The van der Waals surface area contributed by atoms with E-state index in [9.17, 15) is 19.7 Å². The number of hydrogen-bond acceptors (Lipinski definition) is 7. The Hall–Kier alpha value is -3.16. The molecule has 0 amide bonds. The topological polar surface area (TPSA) is 109 Å². The zero-order valence-electron chi connectivity index (χ0n) is 13.1. The lowest BCUT2D eigenvalue weighted by atomic mass is 10.1. The minimum Gasteiger partial charge on any atom is -0.462 e. The third-order valence-electron chi connectivity index (χ3n) is 3.05. The lowest BCUT2D eigenvalue weighted by Crippen LogP contribution is -2.11. The van der Waals surface area contributed by atoms with E-state index in [1.165, 1.54) is 30.3 Å². The van der Waals surface area contributed by atoms with Crippen LogP contribution in [0.25, 0.3) is 11.3 Å². The van der Waals surface area contributed by atoms with Crippen LogP contribution in [0.1, 0.15) is 34.8 Å². The molecule has 0 radical (unpaired) electrons. The average molecular weight is 333 g/mol. The number of nitro groups is 1. The van der Waals surface area contributed by atoms with Crippen molar-refractivity contribution in [1.29, 1.82) is 0 Å². The van der Waals surface area contributed by atoms with Crippen LogP contribution in [-0.4, -0.2) is 30.1 Å². The summed E-state index contributed by atoms with van der Waals surface area (Å²) in [6.45, 7) is 3.52. The molecule has 126 valence electrons. The van der Waals surface area contributed by atoms with Crippen LogP contribution in [0.15, 0.2) is 34.7 Å². The molecule has 0 aliphatic heterocycles. The molecule has 8 nitrogen and oxygen atoms in total. The molecule has 0 saturated carbocycles.